The van der Waals surface area contributed by atoms with E-state index in [4.69, 9.17) is 9.15 Å². The molecular formula is C37H45N3O6S. The van der Waals surface area contributed by atoms with Crippen LogP contribution in [-0.2, 0) is 26.0 Å². The number of hydrogen-bond donors (Lipinski definition) is 0. The van der Waals surface area contributed by atoms with E-state index in [1.54, 1.807) is 37.2 Å². The highest BCUT2D eigenvalue weighted by Crippen LogP contribution is 2.40. The van der Waals surface area contributed by atoms with Crippen molar-refractivity contribution in [3.05, 3.63) is 95.2 Å². The Balaban J connectivity index is 1.58. The van der Waals surface area contributed by atoms with Gasteiger partial charge in [0.1, 0.15) is 10.8 Å². The Kier molecular flexibility index (Phi) is 10.9. The van der Waals surface area contributed by atoms with Crippen molar-refractivity contribution in [2.75, 3.05) is 48.5 Å². The molecule has 47 heavy (non-hydrogen) atoms. The number of aryl methyl sites for hydroxylation is 1. The number of piperazine rings is 1. The molecule has 10 heteroatoms. The van der Waals surface area contributed by atoms with E-state index < -0.39 is 21.2 Å². The molecule has 0 N–H and O–H groups in total. The van der Waals surface area contributed by atoms with Crippen molar-refractivity contribution in [2.24, 2.45) is 0 Å². The highest BCUT2D eigenvalue weighted by molar-refractivity contribution is 7.93. The van der Waals surface area contributed by atoms with Crippen molar-refractivity contribution in [3.63, 3.8) is 0 Å². The second-order valence-electron chi connectivity index (χ2n) is 12.0. The molecule has 2 heterocycles. The van der Waals surface area contributed by atoms with Crippen LogP contribution in [0.3, 0.4) is 0 Å². The average Bonchev–Trinajstić information content (AvgIpc) is 3.41. The zero-order chi connectivity index (χ0) is 33.6. The Morgan fingerprint density at radius 3 is 2.34 bits per heavy atom. The van der Waals surface area contributed by atoms with Crippen LogP contribution in [-0.4, -0.2) is 64.5 Å². The third kappa shape index (κ3) is 7.48. The number of sulfonamides is 1. The largest absolute Gasteiger partial charge is 0.460 e. The molecule has 0 aliphatic carbocycles. The lowest BCUT2D eigenvalue weighted by Crippen LogP contribution is -2.48. The molecule has 0 bridgehead atoms. The first kappa shape index (κ1) is 34.0. The van der Waals surface area contributed by atoms with Crippen LogP contribution in [0.1, 0.15) is 72.5 Å². The van der Waals surface area contributed by atoms with Crippen molar-refractivity contribution < 1.29 is 27.2 Å². The molecule has 1 atom stereocenters. The van der Waals surface area contributed by atoms with Gasteiger partial charge in [0.25, 0.3) is 0 Å². The molecule has 5 rings (SSSR count). The summed E-state index contributed by atoms with van der Waals surface area (Å²) in [6.45, 7) is 10.1. The van der Waals surface area contributed by atoms with E-state index in [1.807, 2.05) is 65.6 Å². The molecule has 1 unspecified atom stereocenters. The number of fused-ring (bicyclic) bond motifs is 1. The standard InChI is InChI=1S/C37H45N3O6S/c1-5-7-17-35(30-18-19-34-31(26-30)27(3)36(46-34)37(42)45-6-2)47(43,44)40(21-20-29-13-9-8-10-14-29)33-16-12-11-15-32(33)39-24-22-38(23-25-39)28(4)41/h8-16,18-19,26,35H,5-7,17,20-25H2,1-4H3. The number of furan rings is 1. The van der Waals surface area contributed by atoms with E-state index in [1.165, 1.54) is 0 Å². The molecule has 1 aromatic heterocycles. The predicted octanol–water partition coefficient (Wildman–Crippen LogP) is 6.90. The fourth-order valence-electron chi connectivity index (χ4n) is 6.33. The van der Waals surface area contributed by atoms with Gasteiger partial charge in [0.05, 0.1) is 18.0 Å². The minimum atomic E-state index is -3.98. The van der Waals surface area contributed by atoms with Gasteiger partial charge in [-0.2, -0.15) is 0 Å². The van der Waals surface area contributed by atoms with Crippen molar-refractivity contribution in [2.45, 2.75) is 58.6 Å². The van der Waals surface area contributed by atoms with Crippen LogP contribution in [0.2, 0.25) is 0 Å². The Labute approximate surface area is 278 Å². The van der Waals surface area contributed by atoms with E-state index in [-0.39, 0.29) is 24.8 Å². The summed E-state index contributed by atoms with van der Waals surface area (Å²) in [5.74, 6) is -0.357. The van der Waals surface area contributed by atoms with Gasteiger partial charge in [-0.3, -0.25) is 9.10 Å². The van der Waals surface area contributed by atoms with Crippen LogP contribution in [0.15, 0.2) is 77.2 Å². The van der Waals surface area contributed by atoms with Crippen LogP contribution >= 0.6 is 0 Å². The number of ether oxygens (including phenoxy) is 1. The smallest absolute Gasteiger partial charge is 0.374 e. The molecule has 1 aliphatic heterocycles. The molecule has 250 valence electrons. The van der Waals surface area contributed by atoms with Crippen molar-refractivity contribution in [1.82, 2.24) is 4.90 Å². The summed E-state index contributed by atoms with van der Waals surface area (Å²) in [5, 5.41) is -0.132. The first-order valence-electron chi connectivity index (χ1n) is 16.5. The molecule has 4 aromatic rings. The Morgan fingerprint density at radius 1 is 0.957 bits per heavy atom. The number of unbranched alkanes of at least 4 members (excludes halogenated alkanes) is 1. The minimum Gasteiger partial charge on any atom is -0.460 e. The highest BCUT2D eigenvalue weighted by Gasteiger charge is 2.36. The number of hydrogen-bond acceptors (Lipinski definition) is 7. The zero-order valence-electron chi connectivity index (χ0n) is 27.8. The summed E-state index contributed by atoms with van der Waals surface area (Å²) in [7, 11) is -3.98. The van der Waals surface area contributed by atoms with Crippen LogP contribution in [0, 0.1) is 6.92 Å². The molecule has 0 radical (unpaired) electrons. The average molecular weight is 660 g/mol. The van der Waals surface area contributed by atoms with Crippen molar-refractivity contribution in [1.29, 1.82) is 0 Å². The fourth-order valence-corrected chi connectivity index (χ4v) is 8.36. The number of para-hydroxylation sites is 2. The number of esters is 1. The van der Waals surface area contributed by atoms with E-state index in [9.17, 15) is 9.59 Å². The molecule has 1 fully saturated rings. The van der Waals surface area contributed by atoms with E-state index in [2.05, 4.69) is 11.8 Å². The highest BCUT2D eigenvalue weighted by atomic mass is 32.2. The molecule has 1 aliphatic rings. The lowest BCUT2D eigenvalue weighted by atomic mass is 10.0. The van der Waals surface area contributed by atoms with Crippen LogP contribution in [0.5, 0.6) is 0 Å². The molecule has 1 amide bonds. The number of amides is 1. The normalized spacial score (nSPS) is 14.3. The van der Waals surface area contributed by atoms with Crippen LogP contribution < -0.4 is 9.21 Å². The summed E-state index contributed by atoms with van der Waals surface area (Å²) in [5.41, 5.74) is 4.31. The lowest BCUT2D eigenvalue weighted by Gasteiger charge is -2.38. The van der Waals surface area contributed by atoms with E-state index in [0.29, 0.717) is 66.8 Å². The van der Waals surface area contributed by atoms with Gasteiger partial charge in [0.15, 0.2) is 0 Å². The third-order valence-corrected chi connectivity index (χ3v) is 11.2. The maximum absolute atomic E-state index is 15.1. The second-order valence-corrected chi connectivity index (χ2v) is 14.0. The SMILES string of the molecule is CCCCC(c1ccc2oc(C(=O)OCC)c(C)c2c1)S(=O)(=O)N(CCc1ccccc1)c1ccccc1N1CCN(C(C)=O)CC1. The molecule has 9 nitrogen and oxygen atoms in total. The zero-order valence-corrected chi connectivity index (χ0v) is 28.6. The lowest BCUT2D eigenvalue weighted by molar-refractivity contribution is -0.129. The Hall–Kier alpha value is -4.31. The summed E-state index contributed by atoms with van der Waals surface area (Å²) in [6.07, 6.45) is 2.54. The molecule has 1 saturated heterocycles. The van der Waals surface area contributed by atoms with Gasteiger partial charge < -0.3 is 19.0 Å². The van der Waals surface area contributed by atoms with Gasteiger partial charge in [-0.1, -0.05) is 68.3 Å². The first-order chi connectivity index (χ1) is 22.6. The van der Waals surface area contributed by atoms with Gasteiger partial charge in [0, 0.05) is 50.6 Å². The topological polar surface area (TPSA) is 100 Å². The number of carbonyl (C=O) groups excluding carboxylic acids is 2. The van der Waals surface area contributed by atoms with Gasteiger partial charge in [-0.25, -0.2) is 13.2 Å². The number of anilines is 2. The van der Waals surface area contributed by atoms with Gasteiger partial charge >= 0.3 is 5.97 Å². The van der Waals surface area contributed by atoms with Crippen molar-refractivity contribution >= 4 is 44.2 Å². The van der Waals surface area contributed by atoms with Crippen LogP contribution in [0.4, 0.5) is 11.4 Å². The predicted molar refractivity (Wildman–Crippen MR) is 186 cm³/mol. The summed E-state index contributed by atoms with van der Waals surface area (Å²) in [4.78, 5) is 28.6. The quantitative estimate of drug-likeness (QED) is 0.144. The molecule has 3 aromatic carbocycles. The monoisotopic (exact) mass is 659 g/mol. The number of benzene rings is 3. The summed E-state index contributed by atoms with van der Waals surface area (Å²) >= 11 is 0. The maximum Gasteiger partial charge on any atom is 0.374 e. The van der Waals surface area contributed by atoms with Gasteiger partial charge in [-0.15, -0.1) is 0 Å². The van der Waals surface area contributed by atoms with Crippen molar-refractivity contribution in [3.8, 4) is 0 Å². The summed E-state index contributed by atoms with van der Waals surface area (Å²) in [6, 6.07) is 23.0. The van der Waals surface area contributed by atoms with Crippen LogP contribution in [0.25, 0.3) is 11.0 Å². The molecule has 0 saturated carbocycles. The minimum absolute atomic E-state index is 0.0444. The number of carbonyl (C=O) groups is 2. The number of nitrogens with zero attached hydrogens (tertiary/aromatic N) is 3. The maximum atomic E-state index is 15.1. The Morgan fingerprint density at radius 2 is 1.66 bits per heavy atom. The first-order valence-corrected chi connectivity index (χ1v) is 18.0. The van der Waals surface area contributed by atoms with E-state index in [0.717, 1.165) is 24.1 Å². The molecule has 0 spiro atoms. The Bertz CT molecular complexity index is 1800. The second kappa shape index (κ2) is 15.1. The number of rotatable bonds is 13. The molecular weight excluding hydrogens is 614 g/mol. The van der Waals surface area contributed by atoms with Gasteiger partial charge in [-0.05, 0) is 62.1 Å². The third-order valence-electron chi connectivity index (χ3n) is 8.94. The summed E-state index contributed by atoms with van der Waals surface area (Å²) < 4.78 is 42.9. The van der Waals surface area contributed by atoms with E-state index >= 15 is 8.42 Å². The van der Waals surface area contributed by atoms with Gasteiger partial charge in [0.2, 0.25) is 21.7 Å². The fraction of sp³-hybridized carbons (Fsp3) is 0.405.